The smallest absolute Gasteiger partial charge is 0.356 e. The second-order valence-electron chi connectivity index (χ2n) is 4.03. The van der Waals surface area contributed by atoms with Crippen LogP contribution in [0.3, 0.4) is 0 Å². The van der Waals surface area contributed by atoms with Gasteiger partial charge in [0.25, 0.3) is 0 Å². The third kappa shape index (κ3) is 2.86. The fourth-order valence-corrected chi connectivity index (χ4v) is 2.12. The molecule has 2 rings (SSSR count). The first-order valence-corrected chi connectivity index (χ1v) is 6.33. The molecule has 2 aromatic rings. The Morgan fingerprint density at radius 2 is 2.05 bits per heavy atom. The molecule has 0 saturated heterocycles. The number of hydrogen-bond acceptors (Lipinski definition) is 4. The molecule has 110 valence electrons. The van der Waals surface area contributed by atoms with E-state index >= 15 is 0 Å². The number of halogens is 3. The van der Waals surface area contributed by atoms with E-state index in [1.165, 1.54) is 19.2 Å². The number of anilines is 1. The van der Waals surface area contributed by atoms with E-state index in [2.05, 4.69) is 4.98 Å². The standard InChI is InChI=1S/C13H9Cl2FN2O3/c1-21-10-2-5(7(16)3-6(10)14)9-4-8(17)11(15)12(18-9)13(19)20/h2-4H,1H3,(H2,17,18)(H,19,20). The van der Waals surface area contributed by atoms with Gasteiger partial charge in [0.2, 0.25) is 0 Å². The highest BCUT2D eigenvalue weighted by atomic mass is 35.5. The number of ether oxygens (including phenoxy) is 1. The van der Waals surface area contributed by atoms with E-state index in [9.17, 15) is 9.18 Å². The fraction of sp³-hybridized carbons (Fsp3) is 0.0769. The van der Waals surface area contributed by atoms with Crippen LogP contribution in [-0.4, -0.2) is 23.2 Å². The zero-order valence-electron chi connectivity index (χ0n) is 10.7. The molecule has 21 heavy (non-hydrogen) atoms. The third-order valence-corrected chi connectivity index (χ3v) is 3.40. The highest BCUT2D eigenvalue weighted by Crippen LogP contribution is 2.34. The number of aromatic carboxylic acids is 1. The van der Waals surface area contributed by atoms with Crippen LogP contribution >= 0.6 is 23.2 Å². The van der Waals surface area contributed by atoms with Crippen molar-refractivity contribution in [3.05, 3.63) is 39.8 Å². The van der Waals surface area contributed by atoms with Gasteiger partial charge in [0.05, 0.1) is 28.5 Å². The van der Waals surface area contributed by atoms with E-state index < -0.39 is 17.5 Å². The summed E-state index contributed by atoms with van der Waals surface area (Å²) in [5.74, 6) is -1.83. The molecule has 1 aromatic heterocycles. The Bertz CT molecular complexity index is 738. The molecular weight excluding hydrogens is 322 g/mol. The van der Waals surface area contributed by atoms with Gasteiger partial charge in [-0.25, -0.2) is 14.2 Å². The summed E-state index contributed by atoms with van der Waals surface area (Å²) in [6, 6.07) is 3.63. The minimum atomic E-state index is -1.37. The van der Waals surface area contributed by atoms with Gasteiger partial charge in [-0.3, -0.25) is 0 Å². The number of nitrogen functional groups attached to an aromatic ring is 1. The van der Waals surface area contributed by atoms with E-state index in [0.29, 0.717) is 0 Å². The van der Waals surface area contributed by atoms with Gasteiger partial charge < -0.3 is 15.6 Å². The lowest BCUT2D eigenvalue weighted by atomic mass is 10.1. The maximum Gasteiger partial charge on any atom is 0.356 e. The lowest BCUT2D eigenvalue weighted by molar-refractivity contribution is 0.0691. The molecular formula is C13H9Cl2FN2O3. The van der Waals surface area contributed by atoms with Crippen LogP contribution in [0.15, 0.2) is 18.2 Å². The monoisotopic (exact) mass is 330 g/mol. The van der Waals surface area contributed by atoms with Crippen molar-refractivity contribution in [1.82, 2.24) is 4.98 Å². The molecule has 0 aliphatic carbocycles. The number of carboxylic acid groups (broad SMARTS) is 1. The molecule has 0 spiro atoms. The Hall–Kier alpha value is -2.05. The van der Waals surface area contributed by atoms with Crippen molar-refractivity contribution in [2.75, 3.05) is 12.8 Å². The largest absolute Gasteiger partial charge is 0.495 e. The van der Waals surface area contributed by atoms with Crippen molar-refractivity contribution in [2.45, 2.75) is 0 Å². The summed E-state index contributed by atoms with van der Waals surface area (Å²) in [5, 5.41) is 8.91. The summed E-state index contributed by atoms with van der Waals surface area (Å²) in [5.41, 5.74) is 5.17. The van der Waals surface area contributed by atoms with Crippen LogP contribution in [-0.2, 0) is 0 Å². The number of pyridine rings is 1. The number of hydrogen-bond donors (Lipinski definition) is 2. The molecule has 8 heteroatoms. The molecule has 0 saturated carbocycles. The molecule has 0 aliphatic rings. The van der Waals surface area contributed by atoms with Gasteiger partial charge in [-0.2, -0.15) is 0 Å². The molecule has 0 fully saturated rings. The zero-order chi connectivity index (χ0) is 15.7. The van der Waals surface area contributed by atoms with E-state index in [4.69, 9.17) is 38.8 Å². The first kappa shape index (κ1) is 15.3. The predicted molar refractivity (Wildman–Crippen MR) is 77.6 cm³/mol. The molecule has 0 atom stereocenters. The van der Waals surface area contributed by atoms with Gasteiger partial charge >= 0.3 is 5.97 Å². The van der Waals surface area contributed by atoms with Gasteiger partial charge in [0.1, 0.15) is 11.6 Å². The van der Waals surface area contributed by atoms with Gasteiger partial charge in [0.15, 0.2) is 5.69 Å². The van der Waals surface area contributed by atoms with E-state index in [-0.39, 0.29) is 32.7 Å². The molecule has 0 amide bonds. The molecule has 3 N–H and O–H groups in total. The molecule has 0 radical (unpaired) electrons. The highest BCUT2D eigenvalue weighted by molar-refractivity contribution is 6.35. The van der Waals surface area contributed by atoms with Gasteiger partial charge in [-0.15, -0.1) is 0 Å². The molecule has 5 nitrogen and oxygen atoms in total. The average molecular weight is 331 g/mol. The Kier molecular flexibility index (Phi) is 4.20. The quantitative estimate of drug-likeness (QED) is 0.899. The summed E-state index contributed by atoms with van der Waals surface area (Å²) in [6.07, 6.45) is 0. The number of nitrogens with two attached hydrogens (primary N) is 1. The number of carboxylic acids is 1. The van der Waals surface area contributed by atoms with Crippen molar-refractivity contribution in [3.63, 3.8) is 0 Å². The first-order chi connectivity index (χ1) is 9.85. The van der Waals surface area contributed by atoms with Gasteiger partial charge in [-0.1, -0.05) is 23.2 Å². The SMILES string of the molecule is COc1cc(-c2cc(N)c(Cl)c(C(=O)O)n2)c(F)cc1Cl. The predicted octanol–water partition coefficient (Wildman–Crippen LogP) is 3.48. The van der Waals surface area contributed by atoms with E-state index in [1.54, 1.807) is 0 Å². The number of nitrogens with zero attached hydrogens (tertiary/aromatic N) is 1. The van der Waals surface area contributed by atoms with Gasteiger partial charge in [-0.05, 0) is 18.2 Å². The Morgan fingerprint density at radius 3 is 2.62 bits per heavy atom. The van der Waals surface area contributed by atoms with Crippen molar-refractivity contribution < 1.29 is 19.0 Å². The van der Waals surface area contributed by atoms with Crippen molar-refractivity contribution in [1.29, 1.82) is 0 Å². The van der Waals surface area contributed by atoms with Crippen molar-refractivity contribution in [3.8, 4) is 17.0 Å². The average Bonchev–Trinajstić information content (AvgIpc) is 2.41. The summed E-state index contributed by atoms with van der Waals surface area (Å²) in [4.78, 5) is 14.9. The molecule has 0 bridgehead atoms. The number of aromatic nitrogens is 1. The Balaban J connectivity index is 2.70. The number of rotatable bonds is 3. The second kappa shape index (κ2) is 5.75. The first-order valence-electron chi connectivity index (χ1n) is 5.57. The van der Waals surface area contributed by atoms with Crippen LogP contribution in [0.4, 0.5) is 10.1 Å². The maximum absolute atomic E-state index is 14.0. The number of methoxy groups -OCH3 is 1. The summed E-state index contributed by atoms with van der Waals surface area (Å²) < 4.78 is 19.0. The van der Waals surface area contributed by atoms with Gasteiger partial charge in [0, 0.05) is 5.56 Å². The van der Waals surface area contributed by atoms with Crippen LogP contribution in [0, 0.1) is 5.82 Å². The normalized spacial score (nSPS) is 10.5. The molecule has 1 heterocycles. The van der Waals surface area contributed by atoms with Crippen LogP contribution in [0.5, 0.6) is 5.75 Å². The van der Waals surface area contributed by atoms with Crippen LogP contribution in [0.2, 0.25) is 10.0 Å². The molecule has 0 aliphatic heterocycles. The van der Waals surface area contributed by atoms with E-state index in [1.807, 2.05) is 0 Å². The lowest BCUT2D eigenvalue weighted by Crippen LogP contribution is -2.05. The minimum Gasteiger partial charge on any atom is -0.495 e. The lowest BCUT2D eigenvalue weighted by Gasteiger charge is -2.10. The van der Waals surface area contributed by atoms with E-state index in [0.717, 1.165) is 6.07 Å². The Morgan fingerprint density at radius 1 is 1.38 bits per heavy atom. The van der Waals surface area contributed by atoms with Crippen LogP contribution < -0.4 is 10.5 Å². The zero-order valence-corrected chi connectivity index (χ0v) is 12.2. The van der Waals surface area contributed by atoms with Crippen LogP contribution in [0.25, 0.3) is 11.3 Å². The summed E-state index contributed by atoms with van der Waals surface area (Å²) in [6.45, 7) is 0. The highest BCUT2D eigenvalue weighted by Gasteiger charge is 2.19. The maximum atomic E-state index is 14.0. The molecule has 0 unspecified atom stereocenters. The topological polar surface area (TPSA) is 85.4 Å². The Labute approximate surface area is 129 Å². The summed E-state index contributed by atoms with van der Waals surface area (Å²) >= 11 is 11.6. The van der Waals surface area contributed by atoms with Crippen molar-refractivity contribution >= 4 is 34.9 Å². The number of carbonyl (C=O) groups is 1. The number of benzene rings is 1. The summed E-state index contributed by atoms with van der Waals surface area (Å²) in [7, 11) is 1.37. The van der Waals surface area contributed by atoms with Crippen LogP contribution in [0.1, 0.15) is 10.5 Å². The minimum absolute atomic E-state index is 0.00196. The molecule has 1 aromatic carbocycles. The second-order valence-corrected chi connectivity index (χ2v) is 4.82. The fourth-order valence-electron chi connectivity index (χ4n) is 1.71. The third-order valence-electron chi connectivity index (χ3n) is 2.71. The van der Waals surface area contributed by atoms with Crippen molar-refractivity contribution in [2.24, 2.45) is 0 Å².